The van der Waals surface area contributed by atoms with Crippen LogP contribution in [0.15, 0.2) is 12.1 Å². The van der Waals surface area contributed by atoms with E-state index in [1.165, 1.54) is 19.1 Å². The Morgan fingerprint density at radius 2 is 2.22 bits per heavy atom. The van der Waals surface area contributed by atoms with Crippen molar-refractivity contribution in [3.05, 3.63) is 22.2 Å². The molecule has 0 aliphatic carbocycles. The summed E-state index contributed by atoms with van der Waals surface area (Å²) in [5, 5.41) is 10.8. The quantitative estimate of drug-likeness (QED) is 0.456. The second kappa shape index (κ2) is 6.59. The summed E-state index contributed by atoms with van der Waals surface area (Å²) in [4.78, 5) is 39.1. The Morgan fingerprint density at radius 3 is 2.83 bits per heavy atom. The summed E-state index contributed by atoms with van der Waals surface area (Å²) in [6.07, 6.45) is -0.816. The van der Waals surface area contributed by atoms with Crippen LogP contribution in [0.5, 0.6) is 5.75 Å². The Kier molecular flexibility index (Phi) is 4.77. The SMILES string of the molecule is CC(C)COC(=O)CN1C(=O)C(C)Oc2ccc([N+](=O)[O-])nc21. The normalized spacial score (nSPS) is 16.8. The molecule has 1 aromatic rings. The highest BCUT2D eigenvalue weighted by atomic mass is 16.6. The predicted molar refractivity (Wildman–Crippen MR) is 79.1 cm³/mol. The average molecular weight is 323 g/mol. The molecule has 1 aromatic heterocycles. The molecule has 0 fully saturated rings. The van der Waals surface area contributed by atoms with Gasteiger partial charge in [-0.2, -0.15) is 0 Å². The van der Waals surface area contributed by atoms with Crippen LogP contribution >= 0.6 is 0 Å². The van der Waals surface area contributed by atoms with Crippen LogP contribution < -0.4 is 9.64 Å². The Bertz CT molecular complexity index is 645. The number of aromatic nitrogens is 1. The van der Waals surface area contributed by atoms with Crippen molar-refractivity contribution in [2.45, 2.75) is 26.9 Å². The minimum atomic E-state index is -0.816. The molecule has 23 heavy (non-hydrogen) atoms. The van der Waals surface area contributed by atoms with Gasteiger partial charge in [-0.15, -0.1) is 0 Å². The van der Waals surface area contributed by atoms with Crippen molar-refractivity contribution in [1.29, 1.82) is 0 Å². The molecule has 124 valence electrons. The number of hydrogen-bond donors (Lipinski definition) is 0. The summed E-state index contributed by atoms with van der Waals surface area (Å²) >= 11 is 0. The Balaban J connectivity index is 2.27. The van der Waals surface area contributed by atoms with E-state index in [2.05, 4.69) is 4.98 Å². The highest BCUT2D eigenvalue weighted by Gasteiger charge is 2.38. The molecule has 0 aromatic carbocycles. The van der Waals surface area contributed by atoms with Crippen molar-refractivity contribution in [1.82, 2.24) is 4.98 Å². The van der Waals surface area contributed by atoms with Crippen molar-refractivity contribution in [2.24, 2.45) is 5.92 Å². The first-order chi connectivity index (χ1) is 10.8. The average Bonchev–Trinajstić information content (AvgIpc) is 2.49. The lowest BCUT2D eigenvalue weighted by Gasteiger charge is -2.28. The number of carbonyl (C=O) groups excluding carboxylic acids is 2. The van der Waals surface area contributed by atoms with E-state index in [0.29, 0.717) is 0 Å². The van der Waals surface area contributed by atoms with E-state index in [1.54, 1.807) is 0 Å². The maximum Gasteiger partial charge on any atom is 0.366 e. The molecule has 0 radical (unpaired) electrons. The number of nitro groups is 1. The molecule has 1 aliphatic heterocycles. The van der Waals surface area contributed by atoms with Crippen LogP contribution in [0.25, 0.3) is 0 Å². The summed E-state index contributed by atoms with van der Waals surface area (Å²) in [7, 11) is 0. The van der Waals surface area contributed by atoms with Crippen LogP contribution in [0.1, 0.15) is 20.8 Å². The van der Waals surface area contributed by atoms with Crippen LogP contribution in [0.3, 0.4) is 0 Å². The summed E-state index contributed by atoms with van der Waals surface area (Å²) in [6.45, 7) is 5.15. The molecule has 0 spiro atoms. The summed E-state index contributed by atoms with van der Waals surface area (Å²) in [5.74, 6) is -1.24. The van der Waals surface area contributed by atoms with Gasteiger partial charge in [0.25, 0.3) is 11.7 Å². The van der Waals surface area contributed by atoms with Crippen molar-refractivity contribution in [2.75, 3.05) is 18.1 Å². The molecule has 1 aliphatic rings. The number of anilines is 1. The summed E-state index contributed by atoms with van der Waals surface area (Å²) in [6, 6.07) is 2.53. The second-order valence-electron chi connectivity index (χ2n) is 5.51. The van der Waals surface area contributed by atoms with Gasteiger partial charge in [0, 0.05) is 6.07 Å². The molecule has 1 atom stereocenters. The highest BCUT2D eigenvalue weighted by Crippen LogP contribution is 2.33. The van der Waals surface area contributed by atoms with Crippen LogP contribution in [0.2, 0.25) is 0 Å². The molecule has 1 amide bonds. The molecule has 2 heterocycles. The lowest BCUT2D eigenvalue weighted by atomic mass is 10.2. The number of fused-ring (bicyclic) bond motifs is 1. The summed E-state index contributed by atoms with van der Waals surface area (Å²) in [5.41, 5.74) is 0. The molecule has 9 heteroatoms. The van der Waals surface area contributed by atoms with E-state index < -0.39 is 28.7 Å². The Hall–Kier alpha value is -2.71. The van der Waals surface area contributed by atoms with Gasteiger partial charge < -0.3 is 19.6 Å². The molecule has 2 rings (SSSR count). The number of pyridine rings is 1. The van der Waals surface area contributed by atoms with Crippen LogP contribution in [-0.4, -0.2) is 41.0 Å². The van der Waals surface area contributed by atoms with Crippen LogP contribution in [-0.2, 0) is 14.3 Å². The third-order valence-corrected chi connectivity index (χ3v) is 3.05. The highest BCUT2D eigenvalue weighted by molar-refractivity contribution is 6.02. The van der Waals surface area contributed by atoms with Crippen LogP contribution in [0.4, 0.5) is 11.6 Å². The molecule has 0 saturated heterocycles. The van der Waals surface area contributed by atoms with Gasteiger partial charge in [-0.1, -0.05) is 13.8 Å². The molecule has 1 unspecified atom stereocenters. The van der Waals surface area contributed by atoms with Gasteiger partial charge in [0.2, 0.25) is 0 Å². The maximum atomic E-state index is 12.2. The molecular weight excluding hydrogens is 306 g/mol. The van der Waals surface area contributed by atoms with Gasteiger partial charge in [-0.3, -0.25) is 14.5 Å². The first kappa shape index (κ1) is 16.7. The zero-order chi connectivity index (χ0) is 17.1. The summed E-state index contributed by atoms with van der Waals surface area (Å²) < 4.78 is 10.4. The minimum Gasteiger partial charge on any atom is -0.475 e. The molecule has 0 bridgehead atoms. The lowest BCUT2D eigenvalue weighted by Crippen LogP contribution is -2.47. The van der Waals surface area contributed by atoms with Gasteiger partial charge in [0.05, 0.1) is 6.61 Å². The van der Waals surface area contributed by atoms with Crippen molar-refractivity contribution in [3.8, 4) is 5.75 Å². The number of rotatable bonds is 5. The van der Waals surface area contributed by atoms with Crippen molar-refractivity contribution in [3.63, 3.8) is 0 Å². The number of amides is 1. The number of carbonyl (C=O) groups is 2. The van der Waals surface area contributed by atoms with E-state index in [-0.39, 0.29) is 30.6 Å². The second-order valence-corrected chi connectivity index (χ2v) is 5.51. The molecule has 0 saturated carbocycles. The van der Waals surface area contributed by atoms with E-state index in [1.807, 2.05) is 13.8 Å². The zero-order valence-corrected chi connectivity index (χ0v) is 13.0. The largest absolute Gasteiger partial charge is 0.475 e. The number of esters is 1. The maximum absolute atomic E-state index is 12.2. The van der Waals surface area contributed by atoms with Crippen molar-refractivity contribution < 1.29 is 24.0 Å². The first-order valence-corrected chi connectivity index (χ1v) is 7.08. The van der Waals surface area contributed by atoms with E-state index >= 15 is 0 Å². The third-order valence-electron chi connectivity index (χ3n) is 3.05. The monoisotopic (exact) mass is 323 g/mol. The lowest BCUT2D eigenvalue weighted by molar-refractivity contribution is -0.389. The Morgan fingerprint density at radius 1 is 1.52 bits per heavy atom. The van der Waals surface area contributed by atoms with Gasteiger partial charge in [-0.25, -0.2) is 0 Å². The standard InChI is InChI=1S/C14H17N3O6/c1-8(2)7-22-12(18)6-16-13-10(23-9(3)14(16)19)4-5-11(15-13)17(20)21/h4-5,8-9H,6-7H2,1-3H3. The first-order valence-electron chi connectivity index (χ1n) is 7.08. The minimum absolute atomic E-state index is 0.0520. The van der Waals surface area contributed by atoms with Gasteiger partial charge >= 0.3 is 11.8 Å². The fourth-order valence-corrected chi connectivity index (χ4v) is 1.96. The molecular formula is C14H17N3O6. The number of hydrogen-bond acceptors (Lipinski definition) is 7. The molecule has 0 N–H and O–H groups in total. The van der Waals surface area contributed by atoms with Gasteiger partial charge in [-0.05, 0) is 28.8 Å². The zero-order valence-electron chi connectivity index (χ0n) is 13.0. The smallest absolute Gasteiger partial charge is 0.366 e. The predicted octanol–water partition coefficient (Wildman–Crippen LogP) is 1.30. The van der Waals surface area contributed by atoms with E-state index in [0.717, 1.165) is 4.90 Å². The van der Waals surface area contributed by atoms with Gasteiger partial charge in [0.1, 0.15) is 6.54 Å². The Labute approximate surface area is 132 Å². The number of ether oxygens (including phenoxy) is 2. The fourth-order valence-electron chi connectivity index (χ4n) is 1.96. The van der Waals surface area contributed by atoms with E-state index in [4.69, 9.17) is 9.47 Å². The third kappa shape index (κ3) is 3.74. The van der Waals surface area contributed by atoms with E-state index in [9.17, 15) is 19.7 Å². The molecule has 9 nitrogen and oxygen atoms in total. The fraction of sp³-hybridized carbons (Fsp3) is 0.500. The van der Waals surface area contributed by atoms with Gasteiger partial charge in [0.15, 0.2) is 11.9 Å². The number of nitrogens with zero attached hydrogens (tertiary/aromatic N) is 3. The van der Waals surface area contributed by atoms with Crippen LogP contribution in [0, 0.1) is 16.0 Å². The van der Waals surface area contributed by atoms with Crippen molar-refractivity contribution >= 4 is 23.5 Å². The topological polar surface area (TPSA) is 112 Å².